The lowest BCUT2D eigenvalue weighted by molar-refractivity contribution is -0.145. The molecule has 114 valence electrons. The lowest BCUT2D eigenvalue weighted by atomic mass is 9.68. The summed E-state index contributed by atoms with van der Waals surface area (Å²) in [5, 5.41) is 9.85. The standard InChI is InChI=1S/C17H22O4/c1-12-10-14-15(21-9-5-8-20-14)11-13(12)17(16(18)19)6-3-2-4-7-17/h10-11H,2-9H2,1H3,(H,18,19). The van der Waals surface area contributed by atoms with Gasteiger partial charge in [-0.1, -0.05) is 19.3 Å². The van der Waals surface area contributed by atoms with Crippen LogP contribution in [-0.2, 0) is 10.2 Å². The van der Waals surface area contributed by atoms with Gasteiger partial charge < -0.3 is 14.6 Å². The molecule has 21 heavy (non-hydrogen) atoms. The van der Waals surface area contributed by atoms with Gasteiger partial charge in [0.15, 0.2) is 11.5 Å². The molecule has 0 spiro atoms. The summed E-state index contributed by atoms with van der Waals surface area (Å²) in [7, 11) is 0. The zero-order valence-electron chi connectivity index (χ0n) is 12.5. The molecule has 1 aliphatic heterocycles. The number of rotatable bonds is 2. The van der Waals surface area contributed by atoms with Crippen molar-refractivity contribution in [3.05, 3.63) is 23.3 Å². The predicted octanol–water partition coefficient (Wildman–Crippen LogP) is 3.44. The highest BCUT2D eigenvalue weighted by atomic mass is 16.5. The van der Waals surface area contributed by atoms with Crippen molar-refractivity contribution in [3.63, 3.8) is 0 Å². The first kappa shape index (κ1) is 14.2. The van der Waals surface area contributed by atoms with Gasteiger partial charge in [0.05, 0.1) is 18.6 Å². The van der Waals surface area contributed by atoms with Crippen molar-refractivity contribution >= 4 is 5.97 Å². The minimum absolute atomic E-state index is 0.621. The molecule has 1 aliphatic carbocycles. The minimum atomic E-state index is -0.757. The molecule has 1 saturated carbocycles. The van der Waals surface area contributed by atoms with E-state index < -0.39 is 11.4 Å². The molecule has 0 atom stereocenters. The van der Waals surface area contributed by atoms with Crippen LogP contribution in [0.2, 0.25) is 0 Å². The van der Waals surface area contributed by atoms with Crippen LogP contribution in [0.5, 0.6) is 11.5 Å². The lowest BCUT2D eigenvalue weighted by Gasteiger charge is -2.35. The lowest BCUT2D eigenvalue weighted by Crippen LogP contribution is -2.38. The predicted molar refractivity (Wildman–Crippen MR) is 79.2 cm³/mol. The van der Waals surface area contributed by atoms with Gasteiger partial charge in [0, 0.05) is 6.42 Å². The molecule has 1 aromatic rings. The molecule has 0 aromatic heterocycles. The van der Waals surface area contributed by atoms with Gasteiger partial charge in [-0.25, -0.2) is 0 Å². The van der Waals surface area contributed by atoms with E-state index in [4.69, 9.17) is 9.47 Å². The fraction of sp³-hybridized carbons (Fsp3) is 0.588. The Morgan fingerprint density at radius 2 is 1.67 bits per heavy atom. The van der Waals surface area contributed by atoms with Gasteiger partial charge in [-0.05, 0) is 43.0 Å². The monoisotopic (exact) mass is 290 g/mol. The second kappa shape index (κ2) is 5.58. The molecule has 0 radical (unpaired) electrons. The van der Waals surface area contributed by atoms with E-state index in [1.165, 1.54) is 0 Å². The summed E-state index contributed by atoms with van der Waals surface area (Å²) in [5.41, 5.74) is 1.13. The third-order valence-electron chi connectivity index (χ3n) is 4.73. The van der Waals surface area contributed by atoms with Crippen molar-refractivity contribution in [2.75, 3.05) is 13.2 Å². The summed E-state index contributed by atoms with van der Waals surface area (Å²) in [6.07, 6.45) is 5.35. The topological polar surface area (TPSA) is 55.8 Å². The highest BCUT2D eigenvalue weighted by molar-refractivity contribution is 5.82. The maximum atomic E-state index is 12.0. The molecule has 1 N–H and O–H groups in total. The number of hydrogen-bond donors (Lipinski definition) is 1. The summed E-state index contributed by atoms with van der Waals surface area (Å²) in [6.45, 7) is 3.24. The SMILES string of the molecule is Cc1cc2c(cc1C1(C(=O)O)CCCCC1)OCCCO2. The van der Waals surface area contributed by atoms with Crippen molar-refractivity contribution in [2.24, 2.45) is 0 Å². The summed E-state index contributed by atoms with van der Waals surface area (Å²) < 4.78 is 11.4. The van der Waals surface area contributed by atoms with Gasteiger partial charge in [0.2, 0.25) is 0 Å². The molecule has 4 nitrogen and oxygen atoms in total. The Morgan fingerprint density at radius 3 is 2.29 bits per heavy atom. The fourth-order valence-corrected chi connectivity index (χ4v) is 3.58. The van der Waals surface area contributed by atoms with Crippen LogP contribution < -0.4 is 9.47 Å². The maximum Gasteiger partial charge on any atom is 0.314 e. The van der Waals surface area contributed by atoms with E-state index in [9.17, 15) is 9.90 Å². The summed E-state index contributed by atoms with van der Waals surface area (Å²) >= 11 is 0. The molecule has 4 heteroatoms. The first-order chi connectivity index (χ1) is 10.1. The second-order valence-electron chi connectivity index (χ2n) is 6.11. The van der Waals surface area contributed by atoms with E-state index in [1.807, 2.05) is 19.1 Å². The summed E-state index contributed by atoms with van der Waals surface area (Å²) in [5.74, 6) is 0.726. The van der Waals surface area contributed by atoms with E-state index in [0.29, 0.717) is 31.8 Å². The molecule has 1 fully saturated rings. The van der Waals surface area contributed by atoms with Gasteiger partial charge >= 0.3 is 5.97 Å². The zero-order valence-corrected chi connectivity index (χ0v) is 12.5. The van der Waals surface area contributed by atoms with Crippen molar-refractivity contribution in [3.8, 4) is 11.5 Å². The molecule has 2 aliphatic rings. The minimum Gasteiger partial charge on any atom is -0.490 e. The molecular formula is C17H22O4. The Balaban J connectivity index is 2.07. The number of carboxylic acids is 1. The van der Waals surface area contributed by atoms with Crippen LogP contribution in [-0.4, -0.2) is 24.3 Å². The number of carboxylic acid groups (broad SMARTS) is 1. The Hall–Kier alpha value is -1.71. The van der Waals surface area contributed by atoms with Crippen molar-refractivity contribution in [2.45, 2.75) is 50.9 Å². The summed E-state index contributed by atoms with van der Waals surface area (Å²) in [4.78, 5) is 12.0. The Kier molecular flexibility index (Phi) is 3.79. The number of fused-ring (bicyclic) bond motifs is 1. The van der Waals surface area contributed by atoms with Crippen LogP contribution in [0, 0.1) is 6.92 Å². The highest BCUT2D eigenvalue weighted by Gasteiger charge is 2.42. The molecule has 1 heterocycles. The van der Waals surface area contributed by atoms with Crippen molar-refractivity contribution in [1.29, 1.82) is 0 Å². The van der Waals surface area contributed by atoms with Crippen LogP contribution in [0.25, 0.3) is 0 Å². The van der Waals surface area contributed by atoms with E-state index in [0.717, 1.165) is 42.6 Å². The number of hydrogen-bond acceptors (Lipinski definition) is 3. The molecular weight excluding hydrogens is 268 g/mol. The van der Waals surface area contributed by atoms with E-state index in [2.05, 4.69) is 0 Å². The number of ether oxygens (including phenoxy) is 2. The van der Waals surface area contributed by atoms with Crippen molar-refractivity contribution in [1.82, 2.24) is 0 Å². The first-order valence-corrected chi connectivity index (χ1v) is 7.78. The van der Waals surface area contributed by atoms with E-state index in [1.54, 1.807) is 0 Å². The zero-order chi connectivity index (χ0) is 14.9. The second-order valence-corrected chi connectivity index (χ2v) is 6.11. The maximum absolute atomic E-state index is 12.0. The Labute approximate surface area is 125 Å². The third kappa shape index (κ3) is 2.47. The first-order valence-electron chi connectivity index (χ1n) is 7.78. The van der Waals surface area contributed by atoms with Crippen molar-refractivity contribution < 1.29 is 19.4 Å². The molecule has 0 saturated heterocycles. The number of carbonyl (C=O) groups is 1. The Morgan fingerprint density at radius 1 is 1.05 bits per heavy atom. The quantitative estimate of drug-likeness (QED) is 0.906. The molecule has 0 unspecified atom stereocenters. The summed E-state index contributed by atoms with van der Waals surface area (Å²) in [6, 6.07) is 3.85. The normalized spacial score (nSPS) is 20.6. The van der Waals surface area contributed by atoms with Crippen LogP contribution in [0.3, 0.4) is 0 Å². The van der Waals surface area contributed by atoms with Gasteiger partial charge in [0.25, 0.3) is 0 Å². The van der Waals surface area contributed by atoms with E-state index >= 15 is 0 Å². The highest BCUT2D eigenvalue weighted by Crippen LogP contribution is 2.44. The van der Waals surface area contributed by atoms with Gasteiger partial charge in [-0.2, -0.15) is 0 Å². The smallest absolute Gasteiger partial charge is 0.314 e. The average Bonchev–Trinajstić information content (AvgIpc) is 2.71. The van der Waals surface area contributed by atoms with Gasteiger partial charge in [-0.15, -0.1) is 0 Å². The molecule has 0 amide bonds. The number of aliphatic carboxylic acids is 1. The van der Waals surface area contributed by atoms with Crippen LogP contribution >= 0.6 is 0 Å². The molecule has 1 aromatic carbocycles. The Bertz CT molecular complexity index is 544. The van der Waals surface area contributed by atoms with Crippen LogP contribution in [0.15, 0.2) is 12.1 Å². The van der Waals surface area contributed by atoms with Gasteiger partial charge in [-0.3, -0.25) is 4.79 Å². The third-order valence-corrected chi connectivity index (χ3v) is 4.73. The van der Waals surface area contributed by atoms with Crippen LogP contribution in [0.1, 0.15) is 49.7 Å². The van der Waals surface area contributed by atoms with E-state index in [-0.39, 0.29) is 0 Å². The van der Waals surface area contributed by atoms with Crippen LogP contribution in [0.4, 0.5) is 0 Å². The fourth-order valence-electron chi connectivity index (χ4n) is 3.58. The molecule has 0 bridgehead atoms. The molecule has 3 rings (SSSR count). The average molecular weight is 290 g/mol. The number of benzene rings is 1. The van der Waals surface area contributed by atoms with Gasteiger partial charge in [0.1, 0.15) is 0 Å². The number of aryl methyl sites for hydroxylation is 1. The largest absolute Gasteiger partial charge is 0.490 e.